The molecule has 0 spiro atoms. The molecule has 0 bridgehead atoms. The number of rotatable bonds is 4. The molecular formula is C22H20N2O2S2. The van der Waals surface area contributed by atoms with Crippen molar-refractivity contribution in [1.29, 1.82) is 0 Å². The molecule has 3 aromatic rings. The Morgan fingerprint density at radius 3 is 2.54 bits per heavy atom. The Morgan fingerprint density at radius 1 is 1.07 bits per heavy atom. The zero-order chi connectivity index (χ0) is 19.6. The summed E-state index contributed by atoms with van der Waals surface area (Å²) in [6, 6.07) is 21.7. The molecule has 1 aliphatic heterocycles. The molecular weight excluding hydrogens is 388 g/mol. The minimum Gasteiger partial charge on any atom is -0.462 e. The monoisotopic (exact) mass is 408 g/mol. The Hall–Kier alpha value is -2.70. The molecule has 2 aromatic carbocycles. The number of ether oxygens (including phenoxy) is 1. The molecule has 0 amide bonds. The highest BCUT2D eigenvalue weighted by atomic mass is 32.2. The third-order valence-electron chi connectivity index (χ3n) is 4.35. The van der Waals surface area contributed by atoms with Gasteiger partial charge in [-0.3, -0.25) is 0 Å². The van der Waals surface area contributed by atoms with Gasteiger partial charge in [0.2, 0.25) is 0 Å². The van der Waals surface area contributed by atoms with E-state index in [4.69, 9.17) is 13.5 Å². The number of hydrogen-bond donors (Lipinski definition) is 0. The Bertz CT molecular complexity index is 1170. The van der Waals surface area contributed by atoms with Gasteiger partial charge in [-0.2, -0.15) is 0 Å². The van der Waals surface area contributed by atoms with Gasteiger partial charge >= 0.3 is 5.97 Å². The first kappa shape index (κ1) is 18.7. The third kappa shape index (κ3) is 3.41. The first-order valence-electron chi connectivity index (χ1n) is 8.96. The normalized spacial score (nSPS) is 18.2. The zero-order valence-corrected chi connectivity index (χ0v) is 17.3. The fourth-order valence-corrected chi connectivity index (χ4v) is 6.18. The maximum absolute atomic E-state index is 12.9. The van der Waals surface area contributed by atoms with E-state index in [1.165, 1.54) is 0 Å². The predicted octanol–water partition coefficient (Wildman–Crippen LogP) is 6.03. The van der Waals surface area contributed by atoms with E-state index in [1.54, 1.807) is 11.3 Å². The summed E-state index contributed by atoms with van der Waals surface area (Å²) in [5, 5.41) is 1.99. The van der Waals surface area contributed by atoms with E-state index in [0.29, 0.717) is 17.9 Å². The highest BCUT2D eigenvalue weighted by Gasteiger charge is 2.29. The first-order chi connectivity index (χ1) is 13.6. The minimum atomic E-state index is -1.92. The molecule has 4 rings (SSSR count). The average molecular weight is 409 g/mol. The Kier molecular flexibility index (Phi) is 5.15. The fraction of sp³-hybridized carbons (Fsp3) is 0.136. The van der Waals surface area contributed by atoms with Crippen LogP contribution in [-0.4, -0.2) is 18.8 Å². The Labute approximate surface area is 169 Å². The van der Waals surface area contributed by atoms with Crippen LogP contribution in [0.25, 0.3) is 11.3 Å². The minimum absolute atomic E-state index is 0.320. The van der Waals surface area contributed by atoms with Crippen LogP contribution in [0, 0.1) is 0 Å². The molecule has 142 valence electrons. The maximum Gasteiger partial charge on any atom is 0.341 e. The molecule has 1 unspecified atom stereocenters. The molecule has 0 aliphatic carbocycles. The van der Waals surface area contributed by atoms with Crippen LogP contribution in [0.5, 0.6) is 0 Å². The van der Waals surface area contributed by atoms with Crippen molar-refractivity contribution >= 4 is 43.9 Å². The van der Waals surface area contributed by atoms with Crippen molar-refractivity contribution in [3.05, 3.63) is 82.6 Å². The van der Waals surface area contributed by atoms with Crippen LogP contribution in [-0.2, 0) is 19.2 Å². The van der Waals surface area contributed by atoms with E-state index < -0.39 is 9.62 Å². The summed E-state index contributed by atoms with van der Waals surface area (Å²) in [5.41, 5.74) is 2.93. The molecule has 0 N–H and O–H groups in total. The van der Waals surface area contributed by atoms with Gasteiger partial charge in [0.05, 0.1) is 22.7 Å². The summed E-state index contributed by atoms with van der Waals surface area (Å²) in [6.45, 7) is 2.13. The van der Waals surface area contributed by atoms with Gasteiger partial charge in [-0.1, -0.05) is 42.5 Å². The molecule has 2 heterocycles. The second-order valence-electron chi connectivity index (χ2n) is 6.27. The lowest BCUT2D eigenvalue weighted by Crippen LogP contribution is -2.15. The summed E-state index contributed by atoms with van der Waals surface area (Å²) in [7, 11) is -1.92. The van der Waals surface area contributed by atoms with Crippen molar-refractivity contribution in [2.75, 3.05) is 12.9 Å². The van der Waals surface area contributed by atoms with Gasteiger partial charge in [-0.25, -0.2) is 13.5 Å². The lowest BCUT2D eigenvalue weighted by atomic mass is 10.0. The molecule has 28 heavy (non-hydrogen) atoms. The zero-order valence-electron chi connectivity index (χ0n) is 15.7. The number of nitrogens with zero attached hydrogens (tertiary/aromatic N) is 2. The molecule has 6 heteroatoms. The second-order valence-corrected chi connectivity index (χ2v) is 9.69. The molecule has 0 fully saturated rings. The Morgan fingerprint density at radius 2 is 1.82 bits per heavy atom. The van der Waals surface area contributed by atoms with Gasteiger partial charge < -0.3 is 4.74 Å². The molecule has 0 radical (unpaired) electrons. The Balaban J connectivity index is 2.08. The number of carbonyl (C=O) groups is 1. The van der Waals surface area contributed by atoms with Gasteiger partial charge in [-0.05, 0) is 46.2 Å². The summed E-state index contributed by atoms with van der Waals surface area (Å²) in [6.07, 6.45) is 2.06. The van der Waals surface area contributed by atoms with Gasteiger partial charge in [-0.15, -0.1) is 11.3 Å². The summed E-state index contributed by atoms with van der Waals surface area (Å²) >= 11 is 1.56. The number of fused-ring (bicyclic) bond motifs is 1. The quantitative estimate of drug-likeness (QED) is 0.495. The van der Waals surface area contributed by atoms with Crippen LogP contribution in [0.1, 0.15) is 17.4 Å². The van der Waals surface area contributed by atoms with E-state index >= 15 is 0 Å². The molecule has 0 saturated carbocycles. The maximum atomic E-state index is 12.9. The molecule has 1 atom stereocenters. The largest absolute Gasteiger partial charge is 0.462 e. The number of esters is 1. The van der Waals surface area contributed by atoms with Crippen molar-refractivity contribution in [3.8, 4) is 0 Å². The lowest BCUT2D eigenvalue weighted by molar-refractivity contribution is -0.136. The standard InChI is InChI=1S/C22H20N2O2S2/c1-3-26-22(25)20-17-12-7-8-14-19(17)28(2,23-16-10-5-4-6-11-16)24-21(20)18-13-9-15-27-18/h4-15H,3H2,1-2H3. The first-order valence-corrected chi connectivity index (χ1v) is 11.8. The van der Waals surface area contributed by atoms with Crippen molar-refractivity contribution in [2.45, 2.75) is 11.8 Å². The summed E-state index contributed by atoms with van der Waals surface area (Å²) < 4.78 is 15.5. The second kappa shape index (κ2) is 7.73. The predicted molar refractivity (Wildman–Crippen MR) is 117 cm³/mol. The van der Waals surface area contributed by atoms with Crippen LogP contribution in [0.2, 0.25) is 0 Å². The van der Waals surface area contributed by atoms with Crippen LogP contribution >= 0.6 is 11.3 Å². The van der Waals surface area contributed by atoms with Gasteiger partial charge in [0, 0.05) is 16.7 Å². The highest BCUT2D eigenvalue weighted by molar-refractivity contribution is 7.95. The van der Waals surface area contributed by atoms with E-state index in [-0.39, 0.29) is 5.97 Å². The number of benzene rings is 2. The van der Waals surface area contributed by atoms with Gasteiger partial charge in [0.25, 0.3) is 0 Å². The molecule has 1 aromatic heterocycles. The SMILES string of the molecule is CCOC(=O)C1=C(c2cccs2)N=S(C)(=Nc2ccccc2)c2ccccc21. The smallest absolute Gasteiger partial charge is 0.341 e. The molecule has 1 aliphatic rings. The van der Waals surface area contributed by atoms with Gasteiger partial charge in [0.1, 0.15) is 5.70 Å². The summed E-state index contributed by atoms with van der Waals surface area (Å²) in [4.78, 5) is 14.8. The number of thiophene rings is 1. The van der Waals surface area contributed by atoms with Crippen LogP contribution < -0.4 is 0 Å². The lowest BCUT2D eigenvalue weighted by Gasteiger charge is -2.24. The van der Waals surface area contributed by atoms with E-state index in [1.807, 2.05) is 79.0 Å². The van der Waals surface area contributed by atoms with E-state index in [2.05, 4.69) is 6.26 Å². The van der Waals surface area contributed by atoms with Crippen LogP contribution in [0.15, 0.2) is 85.7 Å². The number of hydrogen-bond acceptors (Lipinski definition) is 5. The summed E-state index contributed by atoms with van der Waals surface area (Å²) in [5.74, 6) is -0.344. The van der Waals surface area contributed by atoms with Crippen molar-refractivity contribution in [3.63, 3.8) is 0 Å². The fourth-order valence-electron chi connectivity index (χ4n) is 3.17. The number of carbonyl (C=O) groups excluding carboxylic acids is 1. The van der Waals surface area contributed by atoms with Crippen molar-refractivity contribution < 1.29 is 9.53 Å². The molecule has 4 nitrogen and oxygen atoms in total. The van der Waals surface area contributed by atoms with Crippen molar-refractivity contribution in [1.82, 2.24) is 0 Å². The van der Waals surface area contributed by atoms with Crippen LogP contribution in [0.4, 0.5) is 5.69 Å². The van der Waals surface area contributed by atoms with Crippen LogP contribution in [0.3, 0.4) is 0 Å². The van der Waals surface area contributed by atoms with Crippen molar-refractivity contribution in [2.24, 2.45) is 8.73 Å². The third-order valence-corrected chi connectivity index (χ3v) is 7.52. The van der Waals surface area contributed by atoms with E-state index in [9.17, 15) is 4.79 Å². The van der Waals surface area contributed by atoms with Gasteiger partial charge in [0.15, 0.2) is 0 Å². The van der Waals surface area contributed by atoms with E-state index in [0.717, 1.165) is 21.0 Å². The average Bonchev–Trinajstić information content (AvgIpc) is 3.23. The topological polar surface area (TPSA) is 51.0 Å². The molecule has 0 saturated heterocycles. The highest BCUT2D eigenvalue weighted by Crippen LogP contribution is 2.41.